The van der Waals surface area contributed by atoms with Gasteiger partial charge in [0, 0.05) is 17.2 Å². The van der Waals surface area contributed by atoms with E-state index in [1.807, 2.05) is 0 Å². The van der Waals surface area contributed by atoms with Crippen LogP contribution >= 0.6 is 10.7 Å². The van der Waals surface area contributed by atoms with Crippen LogP contribution in [0.2, 0.25) is 0 Å². The number of imide groups is 1. The summed E-state index contributed by atoms with van der Waals surface area (Å²) in [6.45, 7) is 2.23. The van der Waals surface area contributed by atoms with Crippen molar-refractivity contribution in [2.45, 2.75) is 6.92 Å². The first-order valence-electron chi connectivity index (χ1n) is 4.88. The van der Waals surface area contributed by atoms with Crippen molar-refractivity contribution in [3.05, 3.63) is 35.4 Å². The minimum absolute atomic E-state index is 0.178. The number of hydrogen-bond donors (Lipinski definition) is 1. The highest BCUT2D eigenvalue weighted by atomic mass is 35.7. The third-order valence-electron chi connectivity index (χ3n) is 2.19. The van der Waals surface area contributed by atoms with Crippen molar-refractivity contribution in [3.8, 4) is 0 Å². The molecule has 0 aromatic heterocycles. The first kappa shape index (κ1) is 14.6. The van der Waals surface area contributed by atoms with E-state index in [0.29, 0.717) is 17.7 Å². The molecule has 1 aromatic rings. The average Bonchev–Trinajstić information content (AvgIpc) is 2.50. The predicted octanol–water partition coefficient (Wildman–Crippen LogP) is 1.33. The summed E-state index contributed by atoms with van der Waals surface area (Å²) in [6, 6.07) is 6.91. The van der Waals surface area contributed by atoms with Crippen LogP contribution in [-0.2, 0) is 9.33 Å². The second-order valence-electron chi connectivity index (χ2n) is 3.31. The molecule has 0 saturated carbocycles. The van der Waals surface area contributed by atoms with Gasteiger partial charge < -0.3 is 0 Å². The molecule has 0 radical (unpaired) electrons. The van der Waals surface area contributed by atoms with Gasteiger partial charge in [-0.3, -0.25) is 19.0 Å². The number of rotatable bonds is 1. The normalized spacial score (nSPS) is 14.1. The monoisotopic (exact) mass is 291 g/mol. The number of benzene rings is 1. The van der Waals surface area contributed by atoms with Gasteiger partial charge in [0.2, 0.25) is 0 Å². The molecule has 1 N–H and O–H groups in total. The summed E-state index contributed by atoms with van der Waals surface area (Å²) in [5, 5.41) is 0. The molecular weight excluding hydrogens is 282 g/mol. The molecule has 1 aliphatic heterocycles. The van der Waals surface area contributed by atoms with E-state index in [-0.39, 0.29) is 11.8 Å². The number of amides is 2. The zero-order chi connectivity index (χ0) is 13.9. The van der Waals surface area contributed by atoms with Gasteiger partial charge in [-0.2, -0.15) is 8.42 Å². The number of halogens is 1. The number of carbonyl (C=O) groups excluding carboxylic acids is 2. The number of nitrogens with zero attached hydrogens (tertiary/aromatic N) is 1. The molecule has 0 bridgehead atoms. The molecule has 8 heteroatoms. The highest BCUT2D eigenvalue weighted by Gasteiger charge is 2.33. The summed E-state index contributed by atoms with van der Waals surface area (Å²) in [4.78, 5) is 24.3. The Bertz CT molecular complexity index is 541. The van der Waals surface area contributed by atoms with E-state index < -0.39 is 9.33 Å². The van der Waals surface area contributed by atoms with Crippen LogP contribution in [0, 0.1) is 0 Å². The van der Waals surface area contributed by atoms with Gasteiger partial charge in [0.05, 0.1) is 11.1 Å². The van der Waals surface area contributed by atoms with Crippen LogP contribution < -0.4 is 0 Å². The van der Waals surface area contributed by atoms with Crippen LogP contribution in [0.3, 0.4) is 0 Å². The van der Waals surface area contributed by atoms with E-state index in [4.69, 9.17) is 13.0 Å². The minimum Gasteiger partial charge on any atom is -0.275 e. The Kier molecular flexibility index (Phi) is 4.44. The first-order valence-corrected chi connectivity index (χ1v) is 7.14. The molecule has 1 heterocycles. The van der Waals surface area contributed by atoms with Gasteiger partial charge in [0.25, 0.3) is 11.8 Å². The van der Waals surface area contributed by atoms with Crippen molar-refractivity contribution in [1.82, 2.24) is 4.90 Å². The van der Waals surface area contributed by atoms with Crippen molar-refractivity contribution >= 4 is 31.8 Å². The topological polar surface area (TPSA) is 91.8 Å². The SMILES string of the molecule is CCN1C(=O)c2ccccc2C1=O.O=S(=O)(O)Cl. The van der Waals surface area contributed by atoms with Gasteiger partial charge in [-0.1, -0.05) is 12.1 Å². The molecule has 0 unspecified atom stereocenters. The van der Waals surface area contributed by atoms with E-state index >= 15 is 0 Å². The van der Waals surface area contributed by atoms with Crippen molar-refractivity contribution in [3.63, 3.8) is 0 Å². The number of hydrogen-bond acceptors (Lipinski definition) is 4. The molecule has 98 valence electrons. The Morgan fingerprint density at radius 3 is 1.78 bits per heavy atom. The molecular formula is C10H10ClNO5S. The molecule has 1 aromatic carbocycles. The maximum Gasteiger partial charge on any atom is 0.353 e. The number of fused-ring (bicyclic) bond motifs is 1. The quantitative estimate of drug-likeness (QED) is 0.479. The zero-order valence-electron chi connectivity index (χ0n) is 9.33. The highest BCUT2D eigenvalue weighted by molar-refractivity contribution is 8.09. The third kappa shape index (κ3) is 3.52. The van der Waals surface area contributed by atoms with Gasteiger partial charge in [-0.05, 0) is 19.1 Å². The van der Waals surface area contributed by atoms with E-state index in [1.54, 1.807) is 31.2 Å². The molecule has 0 atom stereocenters. The summed E-state index contributed by atoms with van der Waals surface area (Å²) in [5.74, 6) is -0.355. The van der Waals surface area contributed by atoms with Crippen LogP contribution in [0.4, 0.5) is 0 Å². The van der Waals surface area contributed by atoms with Crippen molar-refractivity contribution in [1.29, 1.82) is 0 Å². The standard InChI is InChI=1S/C10H9NO2.ClHO3S/c1-2-11-9(12)7-5-3-4-6-8(7)10(11)13;1-5(2,3)4/h3-6H,2H2,1H3;(H,2,3,4). The second kappa shape index (κ2) is 5.47. The van der Waals surface area contributed by atoms with Crippen molar-refractivity contribution in [2.75, 3.05) is 6.54 Å². The summed E-state index contributed by atoms with van der Waals surface area (Å²) in [7, 11) is -0.137. The van der Waals surface area contributed by atoms with Crippen LogP contribution in [0.25, 0.3) is 0 Å². The fourth-order valence-electron chi connectivity index (χ4n) is 1.53. The van der Waals surface area contributed by atoms with Crippen LogP contribution in [0.1, 0.15) is 27.6 Å². The lowest BCUT2D eigenvalue weighted by Gasteiger charge is -2.08. The Morgan fingerprint density at radius 1 is 1.17 bits per heavy atom. The lowest BCUT2D eigenvalue weighted by Crippen LogP contribution is -2.29. The summed E-state index contributed by atoms with van der Waals surface area (Å²) >= 11 is 0. The maximum atomic E-state index is 11.5. The smallest absolute Gasteiger partial charge is 0.275 e. The van der Waals surface area contributed by atoms with Gasteiger partial charge in [-0.25, -0.2) is 0 Å². The van der Waals surface area contributed by atoms with Gasteiger partial charge in [0.1, 0.15) is 0 Å². The molecule has 6 nitrogen and oxygen atoms in total. The van der Waals surface area contributed by atoms with Crippen molar-refractivity contribution in [2.24, 2.45) is 0 Å². The Balaban J connectivity index is 0.000000280. The molecule has 0 saturated heterocycles. The maximum absolute atomic E-state index is 11.5. The van der Waals surface area contributed by atoms with Gasteiger partial charge >= 0.3 is 9.33 Å². The Hall–Kier alpha value is -1.44. The van der Waals surface area contributed by atoms with Gasteiger partial charge in [-0.15, -0.1) is 0 Å². The Labute approximate surface area is 108 Å². The van der Waals surface area contributed by atoms with E-state index in [2.05, 4.69) is 10.7 Å². The molecule has 0 fully saturated rings. The fourth-order valence-corrected chi connectivity index (χ4v) is 1.53. The molecule has 1 aliphatic rings. The summed E-state index contributed by atoms with van der Waals surface area (Å²) < 4.78 is 25.2. The van der Waals surface area contributed by atoms with E-state index in [0.717, 1.165) is 0 Å². The molecule has 0 aliphatic carbocycles. The number of carbonyl (C=O) groups is 2. The minimum atomic E-state index is -4.19. The first-order chi connectivity index (χ1) is 8.25. The van der Waals surface area contributed by atoms with Crippen molar-refractivity contribution < 1.29 is 22.6 Å². The largest absolute Gasteiger partial charge is 0.353 e. The summed E-state index contributed by atoms with van der Waals surface area (Å²) in [5.41, 5.74) is 1.05. The average molecular weight is 292 g/mol. The molecule has 2 rings (SSSR count). The molecule has 0 spiro atoms. The molecule has 18 heavy (non-hydrogen) atoms. The second-order valence-corrected chi connectivity index (χ2v) is 5.31. The predicted molar refractivity (Wildman–Crippen MR) is 64.9 cm³/mol. The van der Waals surface area contributed by atoms with Crippen LogP contribution in [-0.4, -0.2) is 36.2 Å². The van der Waals surface area contributed by atoms with Crippen LogP contribution in [0.5, 0.6) is 0 Å². The van der Waals surface area contributed by atoms with Gasteiger partial charge in [0.15, 0.2) is 0 Å². The van der Waals surface area contributed by atoms with Crippen LogP contribution in [0.15, 0.2) is 24.3 Å². The lowest BCUT2D eigenvalue weighted by atomic mass is 10.1. The van der Waals surface area contributed by atoms with E-state index in [1.165, 1.54) is 4.90 Å². The lowest BCUT2D eigenvalue weighted by molar-refractivity contribution is 0.0663. The summed E-state index contributed by atoms with van der Waals surface area (Å²) in [6.07, 6.45) is 0. The van der Waals surface area contributed by atoms with E-state index in [9.17, 15) is 9.59 Å². The zero-order valence-corrected chi connectivity index (χ0v) is 10.9. The third-order valence-corrected chi connectivity index (χ3v) is 2.19. The Morgan fingerprint density at radius 2 is 1.50 bits per heavy atom. The fraction of sp³-hybridized carbons (Fsp3) is 0.200. The molecule has 2 amide bonds. The highest BCUT2D eigenvalue weighted by Crippen LogP contribution is 2.21.